The Morgan fingerprint density at radius 3 is 2.75 bits per heavy atom. The second-order valence-corrected chi connectivity index (χ2v) is 3.46. The summed E-state index contributed by atoms with van der Waals surface area (Å²) in [6.45, 7) is 0.692. The van der Waals surface area contributed by atoms with Gasteiger partial charge < -0.3 is 11.5 Å². The highest BCUT2D eigenvalue weighted by Gasteiger charge is 1.98. The molecule has 0 spiro atoms. The molecule has 0 radical (unpaired) electrons. The van der Waals surface area contributed by atoms with Crippen molar-refractivity contribution in [2.45, 2.75) is 11.3 Å². The Morgan fingerprint density at radius 1 is 1.42 bits per heavy atom. The molecule has 12 heavy (non-hydrogen) atoms. The third-order valence-electron chi connectivity index (χ3n) is 1.73. The van der Waals surface area contributed by atoms with Crippen molar-refractivity contribution in [2.24, 2.45) is 5.73 Å². The maximum Gasteiger partial charge on any atom is 0.0452 e. The lowest BCUT2D eigenvalue weighted by molar-refractivity contribution is 0.964. The van der Waals surface area contributed by atoms with Crippen molar-refractivity contribution < 1.29 is 0 Å². The molecule has 1 rings (SSSR count). The zero-order valence-corrected chi connectivity index (χ0v) is 8.03. The van der Waals surface area contributed by atoms with Crippen LogP contribution in [0.25, 0.3) is 0 Å². The van der Waals surface area contributed by atoms with Gasteiger partial charge in [-0.05, 0) is 36.9 Å². The molecule has 0 bridgehead atoms. The van der Waals surface area contributed by atoms with Crippen LogP contribution in [0.2, 0.25) is 0 Å². The molecule has 0 aliphatic rings. The fraction of sp³-hybridized carbons (Fsp3) is 0.333. The van der Waals surface area contributed by atoms with Crippen LogP contribution < -0.4 is 11.5 Å². The van der Waals surface area contributed by atoms with Crippen LogP contribution in [0.1, 0.15) is 5.56 Å². The molecule has 0 heterocycles. The summed E-state index contributed by atoms with van der Waals surface area (Å²) in [5.74, 6) is 0. The maximum atomic E-state index is 5.74. The molecule has 66 valence electrons. The molecular formula is C9H14N2S. The number of thioether (sulfide) groups is 1. The lowest BCUT2D eigenvalue weighted by Gasteiger charge is -2.04. The van der Waals surface area contributed by atoms with Crippen molar-refractivity contribution in [3.05, 3.63) is 23.8 Å². The van der Waals surface area contributed by atoms with Gasteiger partial charge in [-0.2, -0.15) is 0 Å². The minimum Gasteiger partial charge on any atom is -0.398 e. The minimum absolute atomic E-state index is 0.692. The number of benzene rings is 1. The van der Waals surface area contributed by atoms with Crippen LogP contribution in [0.15, 0.2) is 23.1 Å². The summed E-state index contributed by atoms with van der Waals surface area (Å²) < 4.78 is 0. The van der Waals surface area contributed by atoms with Gasteiger partial charge in [0, 0.05) is 10.6 Å². The van der Waals surface area contributed by atoms with E-state index in [9.17, 15) is 0 Å². The van der Waals surface area contributed by atoms with Gasteiger partial charge in [0.2, 0.25) is 0 Å². The zero-order valence-electron chi connectivity index (χ0n) is 7.21. The van der Waals surface area contributed by atoms with Crippen molar-refractivity contribution in [1.82, 2.24) is 0 Å². The highest BCUT2D eigenvalue weighted by molar-refractivity contribution is 7.98. The predicted octanol–water partition coefficient (Wildman–Crippen LogP) is 1.49. The third kappa shape index (κ3) is 2.16. The van der Waals surface area contributed by atoms with Gasteiger partial charge in [0.15, 0.2) is 0 Å². The van der Waals surface area contributed by atoms with Crippen LogP contribution in [0.4, 0.5) is 5.69 Å². The topological polar surface area (TPSA) is 52.0 Å². The standard InChI is InChI=1S/C9H14N2S/c1-12-9-6-7(4-5-10)2-3-8(9)11/h2-3,6H,4-5,10-11H2,1H3. The fourth-order valence-electron chi connectivity index (χ4n) is 1.08. The zero-order chi connectivity index (χ0) is 8.97. The lowest BCUT2D eigenvalue weighted by atomic mass is 10.1. The van der Waals surface area contributed by atoms with Crippen LogP contribution >= 0.6 is 11.8 Å². The van der Waals surface area contributed by atoms with Gasteiger partial charge in [0.1, 0.15) is 0 Å². The molecular weight excluding hydrogens is 168 g/mol. The maximum absolute atomic E-state index is 5.74. The van der Waals surface area contributed by atoms with E-state index in [0.29, 0.717) is 6.54 Å². The summed E-state index contributed by atoms with van der Waals surface area (Å²) in [6.07, 6.45) is 2.95. The normalized spacial score (nSPS) is 10.2. The minimum atomic E-state index is 0.692. The first-order valence-corrected chi connectivity index (χ1v) is 5.13. The Kier molecular flexibility index (Phi) is 3.44. The lowest BCUT2D eigenvalue weighted by Crippen LogP contribution is -2.03. The van der Waals surface area contributed by atoms with Gasteiger partial charge in [-0.3, -0.25) is 0 Å². The summed E-state index contributed by atoms with van der Waals surface area (Å²) in [6, 6.07) is 6.08. The summed E-state index contributed by atoms with van der Waals surface area (Å²) in [5.41, 5.74) is 13.3. The molecule has 0 aliphatic heterocycles. The predicted molar refractivity (Wildman–Crippen MR) is 55.4 cm³/mol. The van der Waals surface area contributed by atoms with Gasteiger partial charge in [0.25, 0.3) is 0 Å². The van der Waals surface area contributed by atoms with Crippen molar-refractivity contribution in [3.63, 3.8) is 0 Å². The molecule has 1 aromatic rings. The molecule has 0 aliphatic carbocycles. The van der Waals surface area contributed by atoms with Crippen LogP contribution in [-0.4, -0.2) is 12.8 Å². The molecule has 2 nitrogen and oxygen atoms in total. The molecule has 0 aromatic heterocycles. The number of rotatable bonds is 3. The van der Waals surface area contributed by atoms with Gasteiger partial charge in [-0.15, -0.1) is 11.8 Å². The molecule has 0 atom stereocenters. The van der Waals surface area contributed by atoms with E-state index in [1.54, 1.807) is 11.8 Å². The Morgan fingerprint density at radius 2 is 2.17 bits per heavy atom. The molecule has 0 saturated heterocycles. The number of nitrogen functional groups attached to an aromatic ring is 1. The van der Waals surface area contributed by atoms with E-state index < -0.39 is 0 Å². The van der Waals surface area contributed by atoms with E-state index in [0.717, 1.165) is 17.0 Å². The SMILES string of the molecule is CSc1cc(CCN)ccc1N. The second kappa shape index (κ2) is 4.38. The quantitative estimate of drug-likeness (QED) is 0.550. The van der Waals surface area contributed by atoms with Crippen molar-refractivity contribution in [3.8, 4) is 0 Å². The Hall–Kier alpha value is -0.670. The highest BCUT2D eigenvalue weighted by atomic mass is 32.2. The van der Waals surface area contributed by atoms with Gasteiger partial charge in [-0.25, -0.2) is 0 Å². The van der Waals surface area contributed by atoms with E-state index in [1.165, 1.54) is 5.56 Å². The van der Waals surface area contributed by atoms with Gasteiger partial charge in [0.05, 0.1) is 0 Å². The van der Waals surface area contributed by atoms with E-state index >= 15 is 0 Å². The number of hydrogen-bond acceptors (Lipinski definition) is 3. The number of hydrogen-bond donors (Lipinski definition) is 2. The first kappa shape index (κ1) is 9.42. The summed E-state index contributed by atoms with van der Waals surface area (Å²) in [4.78, 5) is 1.14. The molecule has 0 fully saturated rings. The van der Waals surface area contributed by atoms with E-state index in [4.69, 9.17) is 11.5 Å². The molecule has 0 amide bonds. The van der Waals surface area contributed by atoms with E-state index in [1.807, 2.05) is 18.4 Å². The molecule has 1 aromatic carbocycles. The largest absolute Gasteiger partial charge is 0.398 e. The van der Waals surface area contributed by atoms with Crippen molar-refractivity contribution >= 4 is 17.4 Å². The average Bonchev–Trinajstić information content (AvgIpc) is 2.09. The average molecular weight is 182 g/mol. The van der Waals surface area contributed by atoms with Gasteiger partial charge >= 0.3 is 0 Å². The first-order chi connectivity index (χ1) is 5.77. The fourth-order valence-corrected chi connectivity index (χ4v) is 1.65. The van der Waals surface area contributed by atoms with Crippen molar-refractivity contribution in [2.75, 3.05) is 18.5 Å². The van der Waals surface area contributed by atoms with Crippen LogP contribution in [0.5, 0.6) is 0 Å². The summed E-state index contributed by atoms with van der Waals surface area (Å²) >= 11 is 1.67. The van der Waals surface area contributed by atoms with E-state index in [-0.39, 0.29) is 0 Å². The molecule has 3 heteroatoms. The smallest absolute Gasteiger partial charge is 0.0452 e. The molecule has 4 N–H and O–H groups in total. The highest BCUT2D eigenvalue weighted by Crippen LogP contribution is 2.23. The number of nitrogens with two attached hydrogens (primary N) is 2. The van der Waals surface area contributed by atoms with Crippen LogP contribution in [0.3, 0.4) is 0 Å². The number of anilines is 1. The van der Waals surface area contributed by atoms with Crippen LogP contribution in [-0.2, 0) is 6.42 Å². The molecule has 0 saturated carbocycles. The monoisotopic (exact) mass is 182 g/mol. The summed E-state index contributed by atoms with van der Waals surface area (Å²) in [7, 11) is 0. The Bertz CT molecular complexity index is 261. The third-order valence-corrected chi connectivity index (χ3v) is 2.52. The molecule has 0 unspecified atom stereocenters. The van der Waals surface area contributed by atoms with Crippen LogP contribution in [0, 0.1) is 0 Å². The first-order valence-electron chi connectivity index (χ1n) is 3.90. The summed E-state index contributed by atoms with van der Waals surface area (Å²) in [5, 5.41) is 0. The van der Waals surface area contributed by atoms with Gasteiger partial charge in [-0.1, -0.05) is 6.07 Å². The Balaban J connectivity index is 2.89. The second-order valence-electron chi connectivity index (χ2n) is 2.61. The van der Waals surface area contributed by atoms with E-state index in [2.05, 4.69) is 6.07 Å². The Labute approximate surface area is 77.3 Å². The van der Waals surface area contributed by atoms with Crippen molar-refractivity contribution in [1.29, 1.82) is 0 Å².